The molecule has 124 valence electrons. The van der Waals surface area contributed by atoms with E-state index < -0.39 is 25.5 Å². The van der Waals surface area contributed by atoms with Crippen molar-refractivity contribution < 1.29 is 17.8 Å². The van der Waals surface area contributed by atoms with Crippen molar-refractivity contribution >= 4 is 21.4 Å². The lowest BCUT2D eigenvalue weighted by molar-refractivity contribution is -0.386. The molecule has 9 heteroatoms. The molecule has 1 heterocycles. The van der Waals surface area contributed by atoms with Crippen molar-refractivity contribution in [3.63, 3.8) is 0 Å². The highest BCUT2D eigenvalue weighted by molar-refractivity contribution is 7.89. The Morgan fingerprint density at radius 3 is 2.48 bits per heavy atom. The molecule has 0 aliphatic carbocycles. The first-order valence-corrected chi connectivity index (χ1v) is 8.29. The van der Waals surface area contributed by atoms with Crippen LogP contribution in [0, 0.1) is 24.0 Å². The Kier molecular flexibility index (Phi) is 4.44. The van der Waals surface area contributed by atoms with E-state index in [1.165, 1.54) is 12.1 Å². The van der Waals surface area contributed by atoms with Crippen molar-refractivity contribution in [3.05, 3.63) is 51.5 Å². The lowest BCUT2D eigenvalue weighted by Crippen LogP contribution is -2.16. The number of nitro benzene ring substituents is 1. The van der Waals surface area contributed by atoms with Gasteiger partial charge in [0.25, 0.3) is 0 Å². The first-order valence-electron chi connectivity index (χ1n) is 6.75. The molecule has 0 fully saturated rings. The third kappa shape index (κ3) is 3.51. The molecule has 8 nitrogen and oxygen atoms in total. The number of aryl methyl sites for hydroxylation is 2. The highest BCUT2D eigenvalue weighted by atomic mass is 32.2. The van der Waals surface area contributed by atoms with Gasteiger partial charge in [0.1, 0.15) is 17.2 Å². The Balaban J connectivity index is 2.48. The number of hydrogen-bond acceptors (Lipinski definition) is 6. The zero-order chi connectivity index (χ0) is 17.4. The molecule has 1 aromatic heterocycles. The first-order chi connectivity index (χ1) is 10.6. The third-order valence-corrected chi connectivity index (χ3v) is 4.35. The van der Waals surface area contributed by atoms with Gasteiger partial charge in [-0.3, -0.25) is 10.1 Å². The Bertz CT molecular complexity index is 857. The number of anilines is 1. The van der Waals surface area contributed by atoms with Crippen LogP contribution >= 0.6 is 0 Å². The van der Waals surface area contributed by atoms with Crippen LogP contribution in [-0.4, -0.2) is 13.3 Å². The van der Waals surface area contributed by atoms with E-state index >= 15 is 0 Å². The maximum Gasteiger partial charge on any atom is 0.312 e. The lowest BCUT2D eigenvalue weighted by atomic mass is 10.1. The van der Waals surface area contributed by atoms with Gasteiger partial charge in [-0.1, -0.05) is 6.07 Å². The van der Waals surface area contributed by atoms with Gasteiger partial charge in [0.15, 0.2) is 4.90 Å². The number of primary sulfonamides is 1. The molecule has 0 spiro atoms. The van der Waals surface area contributed by atoms with E-state index in [-0.39, 0.29) is 11.7 Å². The van der Waals surface area contributed by atoms with E-state index in [4.69, 9.17) is 9.56 Å². The van der Waals surface area contributed by atoms with Crippen LogP contribution in [0.3, 0.4) is 0 Å². The van der Waals surface area contributed by atoms with Gasteiger partial charge in [0.2, 0.25) is 10.0 Å². The summed E-state index contributed by atoms with van der Waals surface area (Å²) >= 11 is 0. The number of sulfonamides is 1. The van der Waals surface area contributed by atoms with Gasteiger partial charge in [-0.25, -0.2) is 13.6 Å². The summed E-state index contributed by atoms with van der Waals surface area (Å²) in [5.74, 6) is 1.41. The molecule has 0 radical (unpaired) electrons. The largest absolute Gasteiger partial charge is 0.466 e. The van der Waals surface area contributed by atoms with E-state index in [0.717, 1.165) is 17.4 Å². The van der Waals surface area contributed by atoms with Gasteiger partial charge in [-0.05, 0) is 39.0 Å². The Hall–Kier alpha value is -2.39. The predicted molar refractivity (Wildman–Crippen MR) is 84.7 cm³/mol. The third-order valence-electron chi connectivity index (χ3n) is 3.41. The van der Waals surface area contributed by atoms with E-state index in [1.807, 2.05) is 6.07 Å². The predicted octanol–water partition coefficient (Wildman–Crippen LogP) is 2.63. The Morgan fingerprint density at radius 1 is 1.35 bits per heavy atom. The van der Waals surface area contributed by atoms with Crippen molar-refractivity contribution in [2.75, 3.05) is 5.32 Å². The van der Waals surface area contributed by atoms with E-state index in [2.05, 4.69) is 5.32 Å². The minimum atomic E-state index is -4.21. The number of nitrogens with one attached hydrogen (secondary N) is 1. The molecular weight excluding hydrogens is 322 g/mol. The summed E-state index contributed by atoms with van der Waals surface area (Å²) in [6, 6.07) is 5.45. The summed E-state index contributed by atoms with van der Waals surface area (Å²) in [5.41, 5.74) is 0.338. The quantitative estimate of drug-likeness (QED) is 0.636. The van der Waals surface area contributed by atoms with E-state index in [0.29, 0.717) is 5.76 Å². The van der Waals surface area contributed by atoms with Crippen LogP contribution in [0.5, 0.6) is 0 Å². The van der Waals surface area contributed by atoms with Crippen LogP contribution in [0.25, 0.3) is 0 Å². The molecule has 1 unspecified atom stereocenters. The van der Waals surface area contributed by atoms with Crippen molar-refractivity contribution in [3.8, 4) is 0 Å². The van der Waals surface area contributed by atoms with E-state index in [9.17, 15) is 18.5 Å². The molecule has 0 amide bonds. The Labute approximate surface area is 133 Å². The number of nitrogens with two attached hydrogens (primary N) is 1. The maximum absolute atomic E-state index is 11.6. The molecule has 0 saturated carbocycles. The molecule has 2 aromatic rings. The summed E-state index contributed by atoms with van der Waals surface area (Å²) < 4.78 is 28.5. The number of nitro groups is 1. The van der Waals surface area contributed by atoms with Crippen LogP contribution in [0.2, 0.25) is 0 Å². The first kappa shape index (κ1) is 17.0. The lowest BCUT2D eigenvalue weighted by Gasteiger charge is -2.15. The van der Waals surface area contributed by atoms with Crippen molar-refractivity contribution in [1.29, 1.82) is 0 Å². The summed E-state index contributed by atoms with van der Waals surface area (Å²) in [6.45, 7) is 5.38. The van der Waals surface area contributed by atoms with Gasteiger partial charge in [-0.15, -0.1) is 0 Å². The molecule has 1 aromatic carbocycles. The number of para-hydroxylation sites is 1. The minimum absolute atomic E-state index is 0.0762. The van der Waals surface area contributed by atoms with Gasteiger partial charge in [0, 0.05) is 5.56 Å². The second-order valence-electron chi connectivity index (χ2n) is 5.19. The summed E-state index contributed by atoms with van der Waals surface area (Å²) in [5, 5.41) is 19.3. The van der Waals surface area contributed by atoms with Crippen molar-refractivity contribution in [2.45, 2.75) is 31.7 Å². The van der Waals surface area contributed by atoms with Crippen molar-refractivity contribution in [2.24, 2.45) is 5.14 Å². The molecule has 0 saturated heterocycles. The normalized spacial score (nSPS) is 12.9. The second kappa shape index (κ2) is 6.01. The zero-order valence-corrected chi connectivity index (χ0v) is 13.7. The molecule has 2 rings (SSSR count). The second-order valence-corrected chi connectivity index (χ2v) is 6.72. The zero-order valence-electron chi connectivity index (χ0n) is 12.9. The standard InChI is InChI=1S/C14H17N3O5S/c1-8-7-11(10(3)22-8)9(2)16-12-5-4-6-13(23(15,20)21)14(12)17(18)19/h4-7,9,16H,1-3H3,(H2,15,20,21). The fraction of sp³-hybridized carbons (Fsp3) is 0.286. The summed E-state index contributed by atoms with van der Waals surface area (Å²) in [6.07, 6.45) is 0. The van der Waals surface area contributed by atoms with Crippen LogP contribution in [0.15, 0.2) is 33.6 Å². The van der Waals surface area contributed by atoms with Gasteiger partial charge in [0.05, 0.1) is 11.0 Å². The number of hydrogen-bond donors (Lipinski definition) is 2. The molecule has 23 heavy (non-hydrogen) atoms. The highest BCUT2D eigenvalue weighted by Crippen LogP contribution is 2.34. The number of nitrogens with zero attached hydrogens (tertiary/aromatic N) is 1. The average Bonchev–Trinajstić information content (AvgIpc) is 2.76. The number of rotatable bonds is 5. The molecule has 1 atom stereocenters. The van der Waals surface area contributed by atoms with Gasteiger partial charge >= 0.3 is 5.69 Å². The minimum Gasteiger partial charge on any atom is -0.466 e. The number of benzene rings is 1. The average molecular weight is 339 g/mol. The topological polar surface area (TPSA) is 128 Å². The SMILES string of the molecule is Cc1cc(C(C)Nc2cccc(S(N)(=O)=O)c2[N+](=O)[O-])c(C)o1. The molecule has 0 aliphatic heterocycles. The monoisotopic (exact) mass is 339 g/mol. The highest BCUT2D eigenvalue weighted by Gasteiger charge is 2.27. The van der Waals surface area contributed by atoms with E-state index in [1.54, 1.807) is 20.8 Å². The Morgan fingerprint density at radius 2 is 2.00 bits per heavy atom. The molecular formula is C14H17N3O5S. The summed E-state index contributed by atoms with van der Waals surface area (Å²) in [7, 11) is -4.21. The number of furan rings is 1. The van der Waals surface area contributed by atoms with Crippen LogP contribution in [0.1, 0.15) is 30.0 Å². The van der Waals surface area contributed by atoms with Crippen molar-refractivity contribution in [1.82, 2.24) is 0 Å². The fourth-order valence-corrected chi connectivity index (χ4v) is 3.17. The summed E-state index contributed by atoms with van der Waals surface area (Å²) in [4.78, 5) is 10.0. The smallest absolute Gasteiger partial charge is 0.312 e. The molecule has 0 bridgehead atoms. The van der Waals surface area contributed by atoms with Crippen LogP contribution in [-0.2, 0) is 10.0 Å². The van der Waals surface area contributed by atoms with Crippen LogP contribution in [0.4, 0.5) is 11.4 Å². The van der Waals surface area contributed by atoms with Gasteiger partial charge < -0.3 is 9.73 Å². The molecule has 3 N–H and O–H groups in total. The van der Waals surface area contributed by atoms with Gasteiger partial charge in [-0.2, -0.15) is 0 Å². The molecule has 0 aliphatic rings. The van der Waals surface area contributed by atoms with Crippen LogP contribution < -0.4 is 10.5 Å². The fourth-order valence-electron chi connectivity index (χ4n) is 2.45. The maximum atomic E-state index is 11.6.